The van der Waals surface area contributed by atoms with Gasteiger partial charge in [-0.05, 0) is 67.8 Å². The molecule has 0 atom stereocenters. The lowest BCUT2D eigenvalue weighted by molar-refractivity contribution is -0.118. The number of ether oxygens (including phenoxy) is 1. The Labute approximate surface area is 199 Å². The predicted molar refractivity (Wildman–Crippen MR) is 131 cm³/mol. The van der Waals surface area contributed by atoms with E-state index < -0.39 is 0 Å². The first-order chi connectivity index (χ1) is 15.5. The quantitative estimate of drug-likeness (QED) is 0.216. The number of amides is 1. The van der Waals surface area contributed by atoms with Gasteiger partial charge >= 0.3 is 5.97 Å². The third-order valence-electron chi connectivity index (χ3n) is 4.55. The number of fused-ring (bicyclic) bond motifs is 1. The Balaban J connectivity index is 1.73. The lowest BCUT2D eigenvalue weighted by Crippen LogP contribution is -2.18. The fraction of sp³-hybridized carbons (Fsp3) is 0.348. The maximum absolute atomic E-state index is 13.0. The highest BCUT2D eigenvalue weighted by atomic mass is 32.2. The number of nitrogens with zero attached hydrogens (tertiary/aromatic N) is 2. The minimum atomic E-state index is -0.355. The summed E-state index contributed by atoms with van der Waals surface area (Å²) in [5, 5.41) is 0. The summed E-state index contributed by atoms with van der Waals surface area (Å²) >= 11 is 4.72. The Bertz CT molecular complexity index is 1140. The lowest BCUT2D eigenvalue weighted by Gasteiger charge is -2.05. The van der Waals surface area contributed by atoms with Gasteiger partial charge in [-0.1, -0.05) is 11.3 Å². The van der Waals surface area contributed by atoms with Crippen molar-refractivity contribution < 1.29 is 18.7 Å². The van der Waals surface area contributed by atoms with E-state index in [9.17, 15) is 14.0 Å². The van der Waals surface area contributed by atoms with E-state index in [2.05, 4.69) is 4.99 Å². The van der Waals surface area contributed by atoms with E-state index >= 15 is 0 Å². The van der Waals surface area contributed by atoms with Gasteiger partial charge in [0.2, 0.25) is 5.91 Å². The Morgan fingerprint density at radius 3 is 2.66 bits per heavy atom. The van der Waals surface area contributed by atoms with Gasteiger partial charge in [-0.15, -0.1) is 11.8 Å². The number of esters is 1. The van der Waals surface area contributed by atoms with Gasteiger partial charge in [-0.25, -0.2) is 9.18 Å². The SMILES string of the molecule is CCOC(=O)c1ccc2c(c1)sc(=NC(=O)CCCSc1ccc(F)cc1)n2CCSC. The number of carbonyl (C=O) groups is 2. The van der Waals surface area contributed by atoms with Crippen molar-refractivity contribution in [2.45, 2.75) is 31.2 Å². The van der Waals surface area contributed by atoms with Crippen molar-refractivity contribution in [3.63, 3.8) is 0 Å². The number of thiazole rings is 1. The number of carbonyl (C=O) groups excluding carboxylic acids is 2. The molecular weight excluding hydrogens is 467 g/mol. The monoisotopic (exact) mass is 492 g/mol. The van der Waals surface area contributed by atoms with Crippen LogP contribution in [-0.4, -0.2) is 40.8 Å². The number of halogens is 1. The zero-order valence-corrected chi connectivity index (χ0v) is 20.5. The van der Waals surface area contributed by atoms with Crippen molar-refractivity contribution in [3.8, 4) is 0 Å². The first-order valence-electron chi connectivity index (χ1n) is 10.3. The molecule has 3 rings (SSSR count). The average Bonchev–Trinajstić information content (AvgIpc) is 3.12. The first kappa shape index (κ1) is 24.5. The van der Waals surface area contributed by atoms with E-state index in [-0.39, 0.29) is 17.7 Å². The van der Waals surface area contributed by atoms with Gasteiger partial charge in [-0.3, -0.25) is 4.79 Å². The highest BCUT2D eigenvalue weighted by Crippen LogP contribution is 2.21. The summed E-state index contributed by atoms with van der Waals surface area (Å²) in [6.45, 7) is 2.83. The molecule has 32 heavy (non-hydrogen) atoms. The Morgan fingerprint density at radius 1 is 1.16 bits per heavy atom. The molecule has 0 aliphatic rings. The smallest absolute Gasteiger partial charge is 0.338 e. The number of hydrogen-bond acceptors (Lipinski definition) is 6. The highest BCUT2D eigenvalue weighted by molar-refractivity contribution is 7.99. The van der Waals surface area contributed by atoms with Crippen molar-refractivity contribution in [2.75, 3.05) is 24.4 Å². The molecule has 0 aliphatic carbocycles. The van der Waals surface area contributed by atoms with Gasteiger partial charge in [0, 0.05) is 23.6 Å². The van der Waals surface area contributed by atoms with Crippen LogP contribution in [0.25, 0.3) is 10.2 Å². The number of hydrogen-bond donors (Lipinski definition) is 0. The van der Waals surface area contributed by atoms with Crippen LogP contribution >= 0.6 is 34.9 Å². The van der Waals surface area contributed by atoms with Crippen LogP contribution < -0.4 is 4.80 Å². The molecule has 9 heteroatoms. The van der Waals surface area contributed by atoms with Crippen LogP contribution in [0.4, 0.5) is 4.39 Å². The molecule has 1 aromatic heterocycles. The molecule has 170 valence electrons. The third-order valence-corrected chi connectivity index (χ3v) is 7.28. The molecule has 1 heterocycles. The first-order valence-corrected chi connectivity index (χ1v) is 13.5. The lowest BCUT2D eigenvalue weighted by atomic mass is 10.2. The molecular formula is C23H25FN2O3S3. The number of thioether (sulfide) groups is 2. The van der Waals surface area contributed by atoms with Gasteiger partial charge in [0.15, 0.2) is 4.80 Å². The number of aryl methyl sites for hydroxylation is 1. The minimum absolute atomic E-state index is 0.167. The van der Waals surface area contributed by atoms with Gasteiger partial charge in [0.1, 0.15) is 5.82 Å². The fourth-order valence-corrected chi connectivity index (χ4v) is 5.34. The molecule has 0 saturated heterocycles. The van der Waals surface area contributed by atoms with E-state index in [1.54, 1.807) is 54.7 Å². The standard InChI is InChI=1S/C23H25FN2O3S3/c1-3-29-22(28)16-6-11-19-20(15-16)32-23(26(19)12-14-30-2)25-21(27)5-4-13-31-18-9-7-17(24)8-10-18/h6-11,15H,3-5,12-14H2,1-2H3. The van der Waals surface area contributed by atoms with Crippen molar-refractivity contribution >= 4 is 57.0 Å². The van der Waals surface area contributed by atoms with Crippen LogP contribution in [0.2, 0.25) is 0 Å². The van der Waals surface area contributed by atoms with E-state index in [0.29, 0.717) is 29.8 Å². The number of benzene rings is 2. The summed E-state index contributed by atoms with van der Waals surface area (Å²) in [6.07, 6.45) is 3.07. The minimum Gasteiger partial charge on any atom is -0.462 e. The molecule has 0 radical (unpaired) electrons. The third kappa shape index (κ3) is 6.70. The number of aromatic nitrogens is 1. The fourth-order valence-electron chi connectivity index (χ4n) is 3.01. The highest BCUT2D eigenvalue weighted by Gasteiger charge is 2.12. The van der Waals surface area contributed by atoms with Crippen molar-refractivity contribution in [2.24, 2.45) is 4.99 Å². The van der Waals surface area contributed by atoms with Gasteiger partial charge in [0.05, 0.1) is 22.4 Å². The van der Waals surface area contributed by atoms with Crippen LogP contribution in [0.1, 0.15) is 30.1 Å². The zero-order valence-electron chi connectivity index (χ0n) is 18.0. The van der Waals surface area contributed by atoms with Gasteiger partial charge in [0.25, 0.3) is 0 Å². The molecule has 1 amide bonds. The van der Waals surface area contributed by atoms with Crippen LogP contribution in [0.3, 0.4) is 0 Å². The van der Waals surface area contributed by atoms with Gasteiger partial charge in [-0.2, -0.15) is 16.8 Å². The molecule has 0 spiro atoms. The molecule has 0 bridgehead atoms. The maximum atomic E-state index is 13.0. The summed E-state index contributed by atoms with van der Waals surface area (Å²) in [4.78, 5) is 30.6. The predicted octanol–water partition coefficient (Wildman–Crippen LogP) is 5.38. The van der Waals surface area contributed by atoms with Crippen LogP contribution in [0.5, 0.6) is 0 Å². The normalized spacial score (nSPS) is 11.8. The Hall–Kier alpha value is -2.10. The van der Waals surface area contributed by atoms with E-state index in [4.69, 9.17) is 4.74 Å². The second kappa shape index (κ2) is 12.2. The van der Waals surface area contributed by atoms with Gasteiger partial charge < -0.3 is 9.30 Å². The number of rotatable bonds is 10. The topological polar surface area (TPSA) is 60.7 Å². The van der Waals surface area contributed by atoms with E-state index in [0.717, 1.165) is 33.2 Å². The second-order valence-electron chi connectivity index (χ2n) is 6.84. The second-order valence-corrected chi connectivity index (χ2v) is 10.0. The van der Waals surface area contributed by atoms with Crippen molar-refractivity contribution in [1.82, 2.24) is 4.57 Å². The summed E-state index contributed by atoms with van der Waals surface area (Å²) in [6, 6.07) is 11.8. The van der Waals surface area contributed by atoms with Crippen molar-refractivity contribution in [3.05, 3.63) is 58.6 Å². The molecule has 0 fully saturated rings. The summed E-state index contributed by atoms with van der Waals surface area (Å²) in [5.41, 5.74) is 1.45. The van der Waals surface area contributed by atoms with E-state index in [1.165, 1.54) is 23.5 Å². The Morgan fingerprint density at radius 2 is 1.94 bits per heavy atom. The van der Waals surface area contributed by atoms with Crippen molar-refractivity contribution in [1.29, 1.82) is 0 Å². The summed E-state index contributed by atoms with van der Waals surface area (Å²) < 4.78 is 21.0. The Kier molecular flexibility index (Phi) is 9.37. The molecule has 0 aliphatic heterocycles. The largest absolute Gasteiger partial charge is 0.462 e. The molecule has 0 saturated carbocycles. The molecule has 5 nitrogen and oxygen atoms in total. The average molecular weight is 493 g/mol. The molecule has 2 aromatic carbocycles. The van der Waals surface area contributed by atoms with Crippen LogP contribution in [0, 0.1) is 5.82 Å². The summed E-state index contributed by atoms with van der Waals surface area (Å²) in [5.74, 6) is 0.873. The van der Waals surface area contributed by atoms with Crippen LogP contribution in [-0.2, 0) is 16.1 Å². The maximum Gasteiger partial charge on any atom is 0.338 e. The molecule has 0 unspecified atom stereocenters. The van der Waals surface area contributed by atoms with E-state index in [1.807, 2.05) is 16.9 Å². The molecule has 3 aromatic rings. The zero-order chi connectivity index (χ0) is 22.9. The molecule has 0 N–H and O–H groups in total. The summed E-state index contributed by atoms with van der Waals surface area (Å²) in [7, 11) is 0. The van der Waals surface area contributed by atoms with Crippen LogP contribution in [0.15, 0.2) is 52.4 Å².